The molecular formula is C8H6NOP. The highest BCUT2D eigenvalue weighted by atomic mass is 31.0. The van der Waals surface area contributed by atoms with E-state index in [-0.39, 0.29) is 5.91 Å². The fourth-order valence-corrected chi connectivity index (χ4v) is 1.49. The van der Waals surface area contributed by atoms with Crippen molar-refractivity contribution in [3.05, 3.63) is 35.4 Å². The van der Waals surface area contributed by atoms with E-state index in [2.05, 4.69) is 14.2 Å². The van der Waals surface area contributed by atoms with Crippen molar-refractivity contribution in [3.8, 4) is 0 Å². The van der Waals surface area contributed by atoms with E-state index in [1.807, 2.05) is 18.2 Å². The first-order chi connectivity index (χ1) is 5.29. The van der Waals surface area contributed by atoms with E-state index >= 15 is 0 Å². The summed E-state index contributed by atoms with van der Waals surface area (Å²) in [6.45, 7) is 0. The number of benzene rings is 1. The second-order valence-electron chi connectivity index (χ2n) is 2.35. The molecule has 1 aromatic rings. The molecule has 2 rings (SSSR count). The van der Waals surface area contributed by atoms with E-state index < -0.39 is 0 Å². The molecule has 0 radical (unpaired) electrons. The standard InChI is InChI=1S/C8H6NOP/c10-7-5-3-1-2-4-6(5)8(11)9-7/h1-4H,11H2. The first-order valence-electron chi connectivity index (χ1n) is 3.27. The van der Waals surface area contributed by atoms with Crippen molar-refractivity contribution in [2.45, 2.75) is 0 Å². The van der Waals surface area contributed by atoms with Crippen LogP contribution in [-0.4, -0.2) is 11.4 Å². The average Bonchev–Trinajstić information content (AvgIpc) is 2.30. The summed E-state index contributed by atoms with van der Waals surface area (Å²) in [6.07, 6.45) is 0. The lowest BCUT2D eigenvalue weighted by atomic mass is 10.1. The van der Waals surface area contributed by atoms with E-state index in [1.54, 1.807) is 6.07 Å². The first kappa shape index (κ1) is 6.68. The van der Waals surface area contributed by atoms with E-state index in [0.29, 0.717) is 5.56 Å². The normalized spacial score (nSPS) is 14.6. The van der Waals surface area contributed by atoms with Gasteiger partial charge >= 0.3 is 0 Å². The van der Waals surface area contributed by atoms with E-state index in [0.717, 1.165) is 11.0 Å². The molecule has 1 atom stereocenters. The molecule has 1 heterocycles. The highest BCUT2D eigenvalue weighted by molar-refractivity contribution is 7.42. The van der Waals surface area contributed by atoms with Gasteiger partial charge in [-0.2, -0.15) is 0 Å². The number of aliphatic imine (C=N–C) groups is 1. The van der Waals surface area contributed by atoms with Crippen molar-refractivity contribution in [1.82, 2.24) is 0 Å². The van der Waals surface area contributed by atoms with Crippen molar-refractivity contribution in [3.63, 3.8) is 0 Å². The Morgan fingerprint density at radius 2 is 1.82 bits per heavy atom. The third-order valence-corrected chi connectivity index (χ3v) is 2.10. The number of carbonyl (C=O) groups is 1. The third kappa shape index (κ3) is 0.908. The summed E-state index contributed by atoms with van der Waals surface area (Å²) in [5.74, 6) is -0.134. The van der Waals surface area contributed by atoms with Gasteiger partial charge in [0.25, 0.3) is 5.91 Å². The van der Waals surface area contributed by atoms with Gasteiger partial charge in [0, 0.05) is 5.56 Å². The van der Waals surface area contributed by atoms with Crippen LogP contribution < -0.4 is 0 Å². The minimum absolute atomic E-state index is 0.134. The van der Waals surface area contributed by atoms with Crippen LogP contribution in [0, 0.1) is 0 Å². The molecule has 2 nitrogen and oxygen atoms in total. The Labute approximate surface area is 66.5 Å². The molecule has 1 aliphatic heterocycles. The molecule has 0 spiro atoms. The molecule has 1 aliphatic rings. The fraction of sp³-hybridized carbons (Fsp3) is 0. The zero-order valence-corrected chi connectivity index (χ0v) is 6.90. The summed E-state index contributed by atoms with van der Waals surface area (Å²) in [5, 5.41) is 0. The minimum Gasteiger partial charge on any atom is -0.267 e. The van der Waals surface area contributed by atoms with Crippen LogP contribution in [0.1, 0.15) is 15.9 Å². The third-order valence-electron chi connectivity index (χ3n) is 1.66. The SMILES string of the molecule is O=C1N=C(P)c2ccccc21. The van der Waals surface area contributed by atoms with Crippen LogP contribution in [0.3, 0.4) is 0 Å². The predicted molar refractivity (Wildman–Crippen MR) is 47.0 cm³/mol. The van der Waals surface area contributed by atoms with Gasteiger partial charge in [-0.15, -0.1) is 0 Å². The molecule has 54 valence electrons. The van der Waals surface area contributed by atoms with Gasteiger partial charge in [0.2, 0.25) is 0 Å². The maximum atomic E-state index is 11.1. The van der Waals surface area contributed by atoms with Crippen LogP contribution >= 0.6 is 9.24 Å². The summed E-state index contributed by atoms with van der Waals surface area (Å²) < 4.78 is 0. The molecule has 0 bridgehead atoms. The summed E-state index contributed by atoms with van der Waals surface area (Å²) in [5.41, 5.74) is 2.38. The number of amides is 1. The van der Waals surface area contributed by atoms with Gasteiger partial charge in [0.15, 0.2) is 0 Å². The lowest BCUT2D eigenvalue weighted by molar-refractivity contribution is 0.101. The van der Waals surface area contributed by atoms with Crippen molar-refractivity contribution in [2.75, 3.05) is 0 Å². The Morgan fingerprint density at radius 3 is 2.45 bits per heavy atom. The molecule has 1 unspecified atom stereocenters. The van der Waals surface area contributed by atoms with E-state index in [4.69, 9.17) is 0 Å². The molecule has 0 aliphatic carbocycles. The van der Waals surface area contributed by atoms with Crippen LogP contribution in [0.25, 0.3) is 0 Å². The zero-order valence-electron chi connectivity index (χ0n) is 5.74. The Hall–Kier alpha value is -1.01. The highest BCUT2D eigenvalue weighted by Gasteiger charge is 2.18. The number of rotatable bonds is 0. The molecule has 0 saturated heterocycles. The van der Waals surface area contributed by atoms with Crippen LogP contribution in [0.2, 0.25) is 0 Å². The Morgan fingerprint density at radius 1 is 1.18 bits per heavy atom. The van der Waals surface area contributed by atoms with Gasteiger partial charge in [-0.25, -0.2) is 4.99 Å². The summed E-state index contributed by atoms with van der Waals surface area (Å²) in [4.78, 5) is 14.9. The Balaban J connectivity index is 2.71. The van der Waals surface area contributed by atoms with Crippen molar-refractivity contribution >= 4 is 20.6 Å². The number of carbonyl (C=O) groups excluding carboxylic acids is 1. The van der Waals surface area contributed by atoms with Crippen LogP contribution in [0.15, 0.2) is 29.3 Å². The zero-order chi connectivity index (χ0) is 7.84. The highest BCUT2D eigenvalue weighted by Crippen LogP contribution is 2.20. The van der Waals surface area contributed by atoms with Gasteiger partial charge in [-0.3, -0.25) is 4.79 Å². The number of fused-ring (bicyclic) bond motifs is 1. The lowest BCUT2D eigenvalue weighted by Crippen LogP contribution is -1.90. The summed E-state index contributed by atoms with van der Waals surface area (Å²) in [7, 11) is 2.45. The number of hydrogen-bond donors (Lipinski definition) is 0. The van der Waals surface area contributed by atoms with E-state index in [9.17, 15) is 4.79 Å². The second-order valence-corrected chi connectivity index (χ2v) is 2.89. The lowest BCUT2D eigenvalue weighted by Gasteiger charge is -1.93. The molecule has 0 saturated carbocycles. The molecule has 0 fully saturated rings. The molecule has 1 aromatic carbocycles. The minimum atomic E-state index is -0.134. The van der Waals surface area contributed by atoms with Gasteiger partial charge in [0.05, 0.1) is 11.0 Å². The maximum Gasteiger partial charge on any atom is 0.278 e. The maximum absolute atomic E-state index is 11.1. The molecule has 3 heteroatoms. The van der Waals surface area contributed by atoms with Gasteiger partial charge in [-0.05, 0) is 6.07 Å². The average molecular weight is 163 g/mol. The topological polar surface area (TPSA) is 29.4 Å². The van der Waals surface area contributed by atoms with Gasteiger partial charge in [-0.1, -0.05) is 27.4 Å². The molecule has 11 heavy (non-hydrogen) atoms. The van der Waals surface area contributed by atoms with Gasteiger partial charge in [0.1, 0.15) is 0 Å². The fourth-order valence-electron chi connectivity index (χ4n) is 1.12. The number of hydrogen-bond acceptors (Lipinski definition) is 1. The van der Waals surface area contributed by atoms with Crippen LogP contribution in [0.5, 0.6) is 0 Å². The summed E-state index contributed by atoms with van der Waals surface area (Å²) >= 11 is 0. The van der Waals surface area contributed by atoms with Crippen molar-refractivity contribution in [2.24, 2.45) is 4.99 Å². The van der Waals surface area contributed by atoms with E-state index in [1.165, 1.54) is 0 Å². The molecule has 1 amide bonds. The van der Waals surface area contributed by atoms with Crippen molar-refractivity contribution < 1.29 is 4.79 Å². The monoisotopic (exact) mass is 163 g/mol. The smallest absolute Gasteiger partial charge is 0.267 e. The predicted octanol–water partition coefficient (Wildman–Crippen LogP) is 1.46. The molecule has 0 aromatic heterocycles. The second kappa shape index (κ2) is 2.24. The van der Waals surface area contributed by atoms with Crippen LogP contribution in [0.4, 0.5) is 0 Å². The van der Waals surface area contributed by atoms with Gasteiger partial charge < -0.3 is 0 Å². The Kier molecular flexibility index (Phi) is 1.36. The largest absolute Gasteiger partial charge is 0.278 e. The molecule has 0 N–H and O–H groups in total. The molecular weight excluding hydrogens is 157 g/mol. The van der Waals surface area contributed by atoms with Crippen LogP contribution in [-0.2, 0) is 0 Å². The van der Waals surface area contributed by atoms with Crippen molar-refractivity contribution in [1.29, 1.82) is 0 Å². The number of nitrogens with zero attached hydrogens (tertiary/aromatic N) is 1. The quantitative estimate of drug-likeness (QED) is 0.532. The summed E-state index contributed by atoms with van der Waals surface area (Å²) in [6, 6.07) is 7.43. The Bertz CT molecular complexity index is 357. The first-order valence-corrected chi connectivity index (χ1v) is 3.84.